The van der Waals surface area contributed by atoms with Crippen molar-refractivity contribution in [2.75, 3.05) is 30.9 Å². The molecule has 11 heteroatoms. The summed E-state index contributed by atoms with van der Waals surface area (Å²) in [5.41, 5.74) is 4.61. The highest BCUT2D eigenvalue weighted by molar-refractivity contribution is 5.79. The molecule has 0 amide bonds. The van der Waals surface area contributed by atoms with Gasteiger partial charge < -0.3 is 21.2 Å². The van der Waals surface area contributed by atoms with E-state index in [-0.39, 0.29) is 35.1 Å². The second kappa shape index (κ2) is 7.22. The average Bonchev–Trinajstić information content (AvgIpc) is 3.43. The van der Waals surface area contributed by atoms with Gasteiger partial charge in [0.2, 0.25) is 0 Å². The molecule has 2 aliphatic rings. The molecule has 2 unspecified atom stereocenters. The number of fused-ring (bicyclic) bond motifs is 1. The number of anilines is 1. The largest absolute Gasteiger partial charge is 0.492 e. The van der Waals surface area contributed by atoms with Gasteiger partial charge in [0.1, 0.15) is 11.2 Å². The van der Waals surface area contributed by atoms with Crippen molar-refractivity contribution in [1.29, 1.82) is 0 Å². The van der Waals surface area contributed by atoms with E-state index in [1.165, 1.54) is 14.0 Å². The number of hydrogen-bond acceptors (Lipinski definition) is 6. The van der Waals surface area contributed by atoms with Crippen molar-refractivity contribution in [1.82, 2.24) is 9.08 Å². The number of nitrogens with zero attached hydrogens (tertiary/aromatic N) is 3. The van der Waals surface area contributed by atoms with Gasteiger partial charge in [0.15, 0.2) is 11.6 Å². The Morgan fingerprint density at radius 2 is 1.87 bits per heavy atom. The molecule has 4 rings (SSSR count). The highest BCUT2D eigenvalue weighted by Gasteiger charge is 2.38. The van der Waals surface area contributed by atoms with Crippen LogP contribution < -0.4 is 32.5 Å². The van der Waals surface area contributed by atoms with Crippen LogP contribution in [0.5, 0.6) is 5.75 Å². The summed E-state index contributed by atoms with van der Waals surface area (Å²) in [7, 11) is 1.32. The molecule has 30 heavy (non-hydrogen) atoms. The molecule has 164 valence electrons. The van der Waals surface area contributed by atoms with E-state index >= 15 is 4.39 Å². The molecule has 1 saturated carbocycles. The summed E-state index contributed by atoms with van der Waals surface area (Å²) >= 11 is 0. The molecule has 2 fully saturated rings. The van der Waals surface area contributed by atoms with E-state index in [2.05, 4.69) is 0 Å². The number of aromatic nitrogens is 2. The van der Waals surface area contributed by atoms with Crippen LogP contribution in [0, 0.1) is 18.7 Å². The van der Waals surface area contributed by atoms with Gasteiger partial charge >= 0.3 is 5.69 Å². The van der Waals surface area contributed by atoms with Crippen LogP contribution >= 0.6 is 0 Å². The van der Waals surface area contributed by atoms with Gasteiger partial charge in [-0.15, -0.1) is 0 Å². The summed E-state index contributed by atoms with van der Waals surface area (Å²) in [4.78, 5) is 27.1. The molecule has 2 aromatic rings. The van der Waals surface area contributed by atoms with Crippen molar-refractivity contribution in [2.45, 2.75) is 44.6 Å². The molecule has 2 aromatic heterocycles. The molecular weight excluding hydrogens is 403 g/mol. The van der Waals surface area contributed by atoms with Crippen molar-refractivity contribution in [2.24, 2.45) is 11.7 Å². The van der Waals surface area contributed by atoms with Crippen LogP contribution in [0.15, 0.2) is 9.59 Å². The van der Waals surface area contributed by atoms with Crippen molar-refractivity contribution >= 4 is 11.2 Å². The minimum Gasteiger partial charge on any atom is -0.492 e. The van der Waals surface area contributed by atoms with Gasteiger partial charge in [0, 0.05) is 13.1 Å². The van der Waals surface area contributed by atoms with E-state index in [1.54, 1.807) is 4.90 Å². The predicted octanol–water partition coefficient (Wildman–Crippen LogP) is 0.927. The maximum atomic E-state index is 15.5. The molecule has 8 nitrogen and oxygen atoms in total. The molecule has 2 atom stereocenters. The van der Waals surface area contributed by atoms with Gasteiger partial charge in [-0.2, -0.15) is 4.68 Å². The Bertz CT molecular complexity index is 1130. The summed E-state index contributed by atoms with van der Waals surface area (Å²) in [5, 5.41) is 0. The van der Waals surface area contributed by atoms with Crippen LogP contribution in [0.2, 0.25) is 0 Å². The average molecular weight is 427 g/mol. The standard InChI is InChI=1S/C19H24F3N5O3/c1-8-12(20)15(25-6-5-10(7-25)13(23)17(21)22)16(30-2)14-11(9-3-4-9)18(28)27(24)19(29)26(8)14/h9-10,13,17H,3-7,23-24H2,1-2H3. The fourth-order valence-corrected chi connectivity index (χ4v) is 4.38. The molecule has 1 aliphatic heterocycles. The summed E-state index contributed by atoms with van der Waals surface area (Å²) < 4.78 is 48.7. The summed E-state index contributed by atoms with van der Waals surface area (Å²) in [6.07, 6.45) is -0.825. The molecule has 1 aliphatic carbocycles. The van der Waals surface area contributed by atoms with Crippen molar-refractivity contribution in [3.63, 3.8) is 0 Å². The van der Waals surface area contributed by atoms with Crippen LogP contribution in [0.25, 0.3) is 5.52 Å². The number of alkyl halides is 2. The number of nitrogens with two attached hydrogens (primary N) is 2. The Labute approximate surface area is 169 Å². The van der Waals surface area contributed by atoms with Crippen LogP contribution in [0.3, 0.4) is 0 Å². The maximum absolute atomic E-state index is 15.5. The van der Waals surface area contributed by atoms with Gasteiger partial charge in [0.25, 0.3) is 12.0 Å². The first-order valence-electron chi connectivity index (χ1n) is 9.80. The second-order valence-corrected chi connectivity index (χ2v) is 8.02. The summed E-state index contributed by atoms with van der Waals surface area (Å²) in [6, 6.07) is -1.32. The van der Waals surface area contributed by atoms with Crippen LogP contribution in [0.1, 0.15) is 36.4 Å². The molecule has 1 saturated heterocycles. The van der Waals surface area contributed by atoms with Gasteiger partial charge in [-0.1, -0.05) is 0 Å². The molecule has 3 heterocycles. The highest BCUT2D eigenvalue weighted by Crippen LogP contribution is 2.46. The summed E-state index contributed by atoms with van der Waals surface area (Å²) in [5.74, 6) is 4.35. The smallest absolute Gasteiger partial charge is 0.354 e. The Hall–Kier alpha value is -2.69. The first-order valence-corrected chi connectivity index (χ1v) is 9.80. The number of pyridine rings is 1. The third-order valence-electron chi connectivity index (χ3n) is 6.18. The van der Waals surface area contributed by atoms with Crippen molar-refractivity contribution in [3.05, 3.63) is 37.9 Å². The second-order valence-electron chi connectivity index (χ2n) is 8.02. The topological polar surface area (TPSA) is 108 Å². The number of methoxy groups -OCH3 is 1. The lowest BCUT2D eigenvalue weighted by Gasteiger charge is -2.26. The molecule has 4 N–H and O–H groups in total. The summed E-state index contributed by atoms with van der Waals surface area (Å²) in [6.45, 7) is 1.82. The van der Waals surface area contributed by atoms with Crippen LogP contribution in [-0.2, 0) is 0 Å². The number of rotatable bonds is 5. The lowest BCUT2D eigenvalue weighted by Crippen LogP contribution is -2.45. The van der Waals surface area contributed by atoms with Crippen LogP contribution in [-0.4, -0.2) is 41.7 Å². The lowest BCUT2D eigenvalue weighted by molar-refractivity contribution is 0.0929. The van der Waals surface area contributed by atoms with E-state index in [9.17, 15) is 18.4 Å². The normalized spacial score (nSPS) is 20.4. The van der Waals surface area contributed by atoms with Gasteiger partial charge in [-0.3, -0.25) is 9.20 Å². The van der Waals surface area contributed by atoms with Crippen LogP contribution in [0.4, 0.5) is 18.9 Å². The Morgan fingerprint density at radius 1 is 1.20 bits per heavy atom. The number of ether oxygens (including phenoxy) is 1. The van der Waals surface area contributed by atoms with E-state index in [0.717, 1.165) is 17.2 Å². The van der Waals surface area contributed by atoms with Gasteiger partial charge in [0.05, 0.1) is 24.4 Å². The Balaban J connectivity index is 1.98. The molecule has 0 spiro atoms. The SMILES string of the molecule is COc1c(N2CCC(C(N)C(F)F)C2)c(F)c(C)n2c(=O)n(N)c(=O)c(C3CC3)c12. The number of aryl methyl sites for hydroxylation is 1. The predicted molar refractivity (Wildman–Crippen MR) is 106 cm³/mol. The minimum atomic E-state index is -2.68. The minimum absolute atomic E-state index is 0.0288. The Morgan fingerprint density at radius 3 is 2.43 bits per heavy atom. The zero-order valence-corrected chi connectivity index (χ0v) is 16.7. The van der Waals surface area contributed by atoms with Gasteiger partial charge in [-0.05, 0) is 38.0 Å². The number of hydrogen-bond donors (Lipinski definition) is 2. The van der Waals surface area contributed by atoms with Gasteiger partial charge in [-0.25, -0.2) is 18.0 Å². The fraction of sp³-hybridized carbons (Fsp3) is 0.579. The number of nitrogen functional groups attached to an aromatic ring is 1. The maximum Gasteiger partial charge on any atom is 0.354 e. The monoisotopic (exact) mass is 427 g/mol. The van der Waals surface area contributed by atoms with Crippen molar-refractivity contribution < 1.29 is 17.9 Å². The molecule has 0 radical (unpaired) electrons. The molecule has 0 bridgehead atoms. The lowest BCUT2D eigenvalue weighted by atomic mass is 10.0. The quantitative estimate of drug-likeness (QED) is 0.688. The third kappa shape index (κ3) is 2.94. The van der Waals surface area contributed by atoms with E-state index in [4.69, 9.17) is 16.3 Å². The van der Waals surface area contributed by atoms with E-state index < -0.39 is 35.5 Å². The molecular formula is C19H24F3N5O3. The number of halogens is 3. The molecule has 0 aromatic carbocycles. The van der Waals surface area contributed by atoms with E-state index in [0.29, 0.717) is 23.2 Å². The Kier molecular flexibility index (Phi) is 4.95. The fourth-order valence-electron chi connectivity index (χ4n) is 4.38. The van der Waals surface area contributed by atoms with E-state index in [1.807, 2.05) is 0 Å². The zero-order chi connectivity index (χ0) is 21.9. The highest BCUT2D eigenvalue weighted by atomic mass is 19.3. The van der Waals surface area contributed by atoms with Crippen molar-refractivity contribution in [3.8, 4) is 5.75 Å². The zero-order valence-electron chi connectivity index (χ0n) is 16.7. The first kappa shape index (κ1) is 20.6. The third-order valence-corrected chi connectivity index (χ3v) is 6.18. The first-order chi connectivity index (χ1) is 14.2.